The number of rotatable bonds is 11. The largest absolute Gasteiger partial charge is 0.573 e. The second-order valence-electron chi connectivity index (χ2n) is 10.8. The number of hydrogen-bond donors (Lipinski definition) is 4. The van der Waals surface area contributed by atoms with Gasteiger partial charge in [0.1, 0.15) is 10.6 Å². The number of carboxylic acids is 1. The van der Waals surface area contributed by atoms with Crippen molar-refractivity contribution in [3.8, 4) is 5.75 Å². The van der Waals surface area contributed by atoms with Crippen molar-refractivity contribution in [1.29, 1.82) is 0 Å². The molecule has 3 amide bonds. The number of urea groups is 1. The normalized spacial score (nSPS) is 15.4. The number of hydrogen-bond acceptors (Lipinski definition) is 7. The summed E-state index contributed by atoms with van der Waals surface area (Å²) in [7, 11) is -4.20. The molecule has 4 N–H and O–H groups in total. The van der Waals surface area contributed by atoms with Gasteiger partial charge in [-0.1, -0.05) is 42.5 Å². The number of amides is 3. The Kier molecular flexibility index (Phi) is 10.9. The standard InChI is InChI=1S/C32H32F3N3O8S/c1-47(44,45)28-17-23(15-16-27(28)46-32(33,34)35)37-31(43)38(25-10-6-5-9-24(25)21-7-3-2-4-8-21)19-20-11-13-22(14-12-20)29(40)36-18-26(39)30(41)42/h2-3,5-6,9-17,21,26,39H,4,7-8,18-19H2,1H3,(H,36,40)(H,37,43)(H,41,42)/t21?,26-/m1/s1. The molecule has 0 heterocycles. The first-order chi connectivity index (χ1) is 22.1. The number of para-hydroxylation sites is 1. The molecule has 15 heteroatoms. The predicted molar refractivity (Wildman–Crippen MR) is 166 cm³/mol. The van der Waals surface area contributed by atoms with Gasteiger partial charge in [-0.2, -0.15) is 0 Å². The van der Waals surface area contributed by atoms with E-state index < -0.39 is 57.4 Å². The van der Waals surface area contributed by atoms with E-state index in [4.69, 9.17) is 5.11 Å². The highest BCUT2D eigenvalue weighted by Crippen LogP contribution is 2.37. The number of aliphatic hydroxyl groups excluding tert-OH is 1. The van der Waals surface area contributed by atoms with E-state index in [9.17, 15) is 41.1 Å². The monoisotopic (exact) mass is 675 g/mol. The SMILES string of the molecule is CS(=O)(=O)c1cc(NC(=O)N(Cc2ccc(C(=O)NC[C@@H](O)C(=O)O)cc2)c2ccccc2C2CC=CCC2)ccc1OC(F)(F)F. The first-order valence-corrected chi connectivity index (χ1v) is 16.2. The molecule has 4 rings (SSSR count). The molecule has 3 aromatic rings. The number of aliphatic hydroxyl groups is 1. The number of nitrogens with zero attached hydrogens (tertiary/aromatic N) is 1. The second kappa shape index (κ2) is 14.7. The van der Waals surface area contributed by atoms with Crippen LogP contribution in [-0.2, 0) is 21.2 Å². The molecule has 47 heavy (non-hydrogen) atoms. The Hall–Kier alpha value is -4.89. The van der Waals surface area contributed by atoms with Crippen molar-refractivity contribution in [2.24, 2.45) is 0 Å². The summed E-state index contributed by atoms with van der Waals surface area (Å²) in [6.45, 7) is -0.527. The van der Waals surface area contributed by atoms with Crippen LogP contribution in [0.25, 0.3) is 0 Å². The lowest BCUT2D eigenvalue weighted by Gasteiger charge is -2.29. The zero-order valence-electron chi connectivity index (χ0n) is 25.0. The van der Waals surface area contributed by atoms with Crippen LogP contribution in [0.1, 0.15) is 46.7 Å². The Morgan fingerprint density at radius 2 is 1.74 bits per heavy atom. The van der Waals surface area contributed by atoms with Gasteiger partial charge in [0.25, 0.3) is 5.91 Å². The van der Waals surface area contributed by atoms with E-state index in [2.05, 4.69) is 27.5 Å². The fraction of sp³-hybridized carbons (Fsp3) is 0.281. The first-order valence-electron chi connectivity index (χ1n) is 14.3. The molecule has 0 spiro atoms. The molecule has 0 aliphatic heterocycles. The molecule has 11 nitrogen and oxygen atoms in total. The van der Waals surface area contributed by atoms with Gasteiger partial charge in [0, 0.05) is 23.2 Å². The third-order valence-electron chi connectivity index (χ3n) is 7.30. The Balaban J connectivity index is 1.66. The second-order valence-corrected chi connectivity index (χ2v) is 12.8. The molecule has 1 unspecified atom stereocenters. The predicted octanol–water partition coefficient (Wildman–Crippen LogP) is 5.23. The molecule has 0 bridgehead atoms. The molecular formula is C32H32F3N3O8S. The van der Waals surface area contributed by atoms with E-state index in [1.165, 1.54) is 17.0 Å². The van der Waals surface area contributed by atoms with Crippen molar-refractivity contribution in [1.82, 2.24) is 5.32 Å². The lowest BCUT2D eigenvalue weighted by Crippen LogP contribution is -2.36. The number of carbonyl (C=O) groups is 3. The maximum atomic E-state index is 13.9. The molecule has 1 aliphatic carbocycles. The van der Waals surface area contributed by atoms with E-state index >= 15 is 0 Å². The molecule has 0 fully saturated rings. The van der Waals surface area contributed by atoms with Crippen LogP contribution in [0.4, 0.5) is 29.3 Å². The van der Waals surface area contributed by atoms with Crippen molar-refractivity contribution < 1.29 is 50.9 Å². The van der Waals surface area contributed by atoms with E-state index in [-0.39, 0.29) is 23.7 Å². The molecule has 3 aromatic carbocycles. The van der Waals surface area contributed by atoms with Crippen molar-refractivity contribution in [3.05, 3.63) is 95.6 Å². The lowest BCUT2D eigenvalue weighted by molar-refractivity contribution is -0.275. The van der Waals surface area contributed by atoms with Crippen LogP contribution in [0.3, 0.4) is 0 Å². The van der Waals surface area contributed by atoms with Gasteiger partial charge in [-0.05, 0) is 72.7 Å². The molecule has 0 aromatic heterocycles. The highest BCUT2D eigenvalue weighted by molar-refractivity contribution is 7.90. The fourth-order valence-electron chi connectivity index (χ4n) is 5.02. The number of carboxylic acid groups (broad SMARTS) is 1. The minimum Gasteiger partial charge on any atom is -0.479 e. The topological polar surface area (TPSA) is 162 Å². The van der Waals surface area contributed by atoms with Gasteiger partial charge in [0.15, 0.2) is 15.9 Å². The van der Waals surface area contributed by atoms with Crippen LogP contribution in [0.15, 0.2) is 83.8 Å². The number of carbonyl (C=O) groups excluding carboxylic acids is 2. The summed E-state index contributed by atoms with van der Waals surface area (Å²) in [5.74, 6) is -2.95. The molecule has 0 saturated carbocycles. The van der Waals surface area contributed by atoms with Gasteiger partial charge in [-0.15, -0.1) is 13.2 Å². The highest BCUT2D eigenvalue weighted by Gasteiger charge is 2.34. The molecule has 0 saturated heterocycles. The van der Waals surface area contributed by atoms with Crippen molar-refractivity contribution in [2.45, 2.75) is 49.1 Å². The maximum Gasteiger partial charge on any atom is 0.573 e. The molecule has 0 radical (unpaired) electrons. The Bertz CT molecular complexity index is 1760. The number of halogens is 3. The molecular weight excluding hydrogens is 643 g/mol. The summed E-state index contributed by atoms with van der Waals surface area (Å²) in [6.07, 6.45) is 0.366. The molecule has 2 atom stereocenters. The summed E-state index contributed by atoms with van der Waals surface area (Å²) in [4.78, 5) is 37.8. The molecule has 250 valence electrons. The van der Waals surface area contributed by atoms with Crippen molar-refractivity contribution in [3.63, 3.8) is 0 Å². The van der Waals surface area contributed by atoms with Crippen LogP contribution in [0, 0.1) is 0 Å². The van der Waals surface area contributed by atoms with Crippen LogP contribution in [0.5, 0.6) is 5.75 Å². The number of benzene rings is 3. The number of sulfone groups is 1. The number of allylic oxidation sites excluding steroid dienone is 2. The van der Waals surface area contributed by atoms with Gasteiger partial charge >= 0.3 is 18.4 Å². The Morgan fingerprint density at radius 3 is 2.36 bits per heavy atom. The molecule has 1 aliphatic rings. The van der Waals surface area contributed by atoms with E-state index in [0.29, 0.717) is 11.3 Å². The zero-order valence-corrected chi connectivity index (χ0v) is 25.8. The highest BCUT2D eigenvalue weighted by atomic mass is 32.2. The number of anilines is 2. The van der Waals surface area contributed by atoms with Crippen molar-refractivity contribution in [2.75, 3.05) is 23.0 Å². The Labute approximate surface area is 268 Å². The first kappa shape index (κ1) is 35.0. The van der Waals surface area contributed by atoms with E-state index in [0.717, 1.165) is 49.3 Å². The number of ether oxygens (including phenoxy) is 1. The average Bonchev–Trinajstić information content (AvgIpc) is 3.02. The quantitative estimate of drug-likeness (QED) is 0.201. The number of nitrogens with one attached hydrogen (secondary N) is 2. The maximum absolute atomic E-state index is 13.9. The van der Waals surface area contributed by atoms with Crippen LogP contribution in [0.2, 0.25) is 0 Å². The van der Waals surface area contributed by atoms with E-state index in [1.807, 2.05) is 12.1 Å². The summed E-state index contributed by atoms with van der Waals surface area (Å²) in [6, 6.07) is 15.4. The minimum absolute atomic E-state index is 0.0285. The average molecular weight is 676 g/mol. The van der Waals surface area contributed by atoms with Gasteiger partial charge < -0.3 is 25.6 Å². The smallest absolute Gasteiger partial charge is 0.479 e. The van der Waals surface area contributed by atoms with Crippen molar-refractivity contribution >= 4 is 39.1 Å². The van der Waals surface area contributed by atoms with Gasteiger partial charge in [-0.3, -0.25) is 9.69 Å². The third kappa shape index (κ3) is 9.56. The lowest BCUT2D eigenvalue weighted by atomic mass is 9.86. The summed E-state index contributed by atoms with van der Waals surface area (Å²) < 4.78 is 67.3. The zero-order chi connectivity index (χ0) is 34.4. The number of aliphatic carboxylic acids is 1. The summed E-state index contributed by atoms with van der Waals surface area (Å²) >= 11 is 0. The van der Waals surface area contributed by atoms with Crippen LogP contribution in [-0.4, -0.2) is 61.8 Å². The van der Waals surface area contributed by atoms with Gasteiger partial charge in [-0.25, -0.2) is 18.0 Å². The summed E-state index contributed by atoms with van der Waals surface area (Å²) in [5, 5.41) is 23.1. The number of alkyl halides is 3. The fourth-order valence-corrected chi connectivity index (χ4v) is 5.84. The third-order valence-corrected chi connectivity index (χ3v) is 8.42. The van der Waals surface area contributed by atoms with Gasteiger partial charge in [0.2, 0.25) is 0 Å². The van der Waals surface area contributed by atoms with Crippen LogP contribution < -0.4 is 20.3 Å². The van der Waals surface area contributed by atoms with Gasteiger partial charge in [0.05, 0.1) is 13.1 Å². The summed E-state index contributed by atoms with van der Waals surface area (Å²) in [5.41, 5.74) is 2.09. The Morgan fingerprint density at radius 1 is 1.04 bits per heavy atom. The minimum atomic E-state index is -5.14. The van der Waals surface area contributed by atoms with Crippen LogP contribution >= 0.6 is 0 Å². The van der Waals surface area contributed by atoms with E-state index in [1.54, 1.807) is 24.3 Å².